The van der Waals surface area contributed by atoms with Gasteiger partial charge in [0.2, 0.25) is 10.4 Å². The van der Waals surface area contributed by atoms with E-state index in [0.717, 1.165) is 25.7 Å². The van der Waals surface area contributed by atoms with Crippen LogP contribution in [0.1, 0.15) is 78.6 Å². The van der Waals surface area contributed by atoms with Crippen molar-refractivity contribution in [3.63, 3.8) is 0 Å². The van der Waals surface area contributed by atoms with Crippen LogP contribution in [-0.2, 0) is 19.4 Å². The fourth-order valence-corrected chi connectivity index (χ4v) is 9.03. The molecule has 0 amide bonds. The first-order valence-electron chi connectivity index (χ1n) is 12.4. The molecule has 9 heteroatoms. The summed E-state index contributed by atoms with van der Waals surface area (Å²) in [5.41, 5.74) is -0.286. The average Bonchev–Trinajstić information content (AvgIpc) is 3.05. The molecule has 0 heterocycles. The van der Waals surface area contributed by atoms with Crippen molar-refractivity contribution in [3.05, 3.63) is 0 Å². The van der Waals surface area contributed by atoms with Crippen LogP contribution in [0, 0.1) is 46.3 Å². The zero-order chi connectivity index (χ0) is 23.5. The van der Waals surface area contributed by atoms with Gasteiger partial charge in [-0.25, -0.2) is 8.42 Å². The van der Waals surface area contributed by atoms with Crippen LogP contribution in [0.5, 0.6) is 0 Å². The number of ketones is 1. The Bertz CT molecular complexity index is 835. The Morgan fingerprint density at radius 3 is 2.55 bits per heavy atom. The van der Waals surface area contributed by atoms with Crippen LogP contribution in [0.4, 0.5) is 0 Å². The molecule has 0 radical (unpaired) electrons. The second-order valence-electron chi connectivity index (χ2n) is 11.7. The molecular formula is C24H39NaO7S. The van der Waals surface area contributed by atoms with Gasteiger partial charge in [-0.15, -0.1) is 0 Å². The van der Waals surface area contributed by atoms with E-state index in [4.69, 9.17) is 0 Å². The summed E-state index contributed by atoms with van der Waals surface area (Å²) >= 11 is 0. The number of fused-ring (bicyclic) bond motifs is 5. The summed E-state index contributed by atoms with van der Waals surface area (Å²) in [5, 5.41) is 22.8. The third kappa shape index (κ3) is 5.02. The molecule has 7 nitrogen and oxygen atoms in total. The van der Waals surface area contributed by atoms with Gasteiger partial charge in [-0.2, -0.15) is 0 Å². The van der Waals surface area contributed by atoms with Crippen LogP contribution >= 0.6 is 0 Å². The molecule has 4 aliphatic rings. The second-order valence-corrected chi connectivity index (χ2v) is 12.7. The predicted octanol–water partition coefficient (Wildman–Crippen LogP) is 0.0531. The molecule has 0 bridgehead atoms. The summed E-state index contributed by atoms with van der Waals surface area (Å²) in [7, 11) is -4.66. The van der Waals surface area contributed by atoms with E-state index < -0.39 is 22.6 Å². The first-order chi connectivity index (χ1) is 14.9. The molecule has 0 unspecified atom stereocenters. The van der Waals surface area contributed by atoms with Gasteiger partial charge in [-0.1, -0.05) is 20.8 Å². The van der Waals surface area contributed by atoms with E-state index >= 15 is 0 Å². The Labute approximate surface area is 220 Å². The maximum atomic E-state index is 12.1. The quantitative estimate of drug-likeness (QED) is 0.231. The molecule has 0 aromatic carbocycles. The van der Waals surface area contributed by atoms with Gasteiger partial charge in [0.1, 0.15) is 5.78 Å². The first-order valence-corrected chi connectivity index (χ1v) is 13.7. The molecule has 4 rings (SSSR count). The topological polar surface area (TPSA) is 124 Å². The van der Waals surface area contributed by atoms with Crippen molar-refractivity contribution < 1.29 is 61.7 Å². The van der Waals surface area contributed by atoms with E-state index in [-0.39, 0.29) is 82.5 Å². The van der Waals surface area contributed by atoms with Crippen molar-refractivity contribution in [1.29, 1.82) is 0 Å². The van der Waals surface area contributed by atoms with Gasteiger partial charge in [0.05, 0.1) is 18.8 Å². The Hall–Kier alpha value is 0.460. The number of aliphatic hydroxyl groups excluding tert-OH is 2. The molecule has 2 N–H and O–H groups in total. The van der Waals surface area contributed by atoms with Crippen molar-refractivity contribution in [3.8, 4) is 0 Å². The van der Waals surface area contributed by atoms with Crippen molar-refractivity contribution in [2.45, 2.75) is 90.8 Å². The summed E-state index contributed by atoms with van der Waals surface area (Å²) in [5.74, 6) is 1.69. The number of Topliss-reactive ketones (excluding diaryl/α,β-unsaturated/α-hetero) is 1. The van der Waals surface area contributed by atoms with Crippen LogP contribution in [0.3, 0.4) is 0 Å². The van der Waals surface area contributed by atoms with Crippen LogP contribution < -0.4 is 29.6 Å². The number of rotatable bonds is 6. The molecule has 0 saturated heterocycles. The molecule has 0 aliphatic heterocycles. The molecule has 10 atom stereocenters. The molecule has 0 aromatic rings. The van der Waals surface area contributed by atoms with E-state index in [2.05, 4.69) is 25.0 Å². The molecule has 0 aromatic heterocycles. The summed E-state index contributed by atoms with van der Waals surface area (Å²) < 4.78 is 36.4. The van der Waals surface area contributed by atoms with E-state index in [1.165, 1.54) is 0 Å². The van der Waals surface area contributed by atoms with Crippen LogP contribution in [0.25, 0.3) is 0 Å². The smallest absolute Gasteiger partial charge is 0.726 e. The van der Waals surface area contributed by atoms with E-state index in [1.807, 2.05) is 0 Å². The van der Waals surface area contributed by atoms with E-state index in [0.29, 0.717) is 37.9 Å². The first kappa shape index (κ1) is 28.0. The normalized spacial score (nSPS) is 46.0. The van der Waals surface area contributed by atoms with Crippen LogP contribution in [0.15, 0.2) is 0 Å². The zero-order valence-corrected chi connectivity index (χ0v) is 23.4. The molecule has 4 aliphatic carbocycles. The van der Waals surface area contributed by atoms with Gasteiger partial charge in [0, 0.05) is 12.8 Å². The Morgan fingerprint density at radius 2 is 1.88 bits per heavy atom. The van der Waals surface area contributed by atoms with Gasteiger partial charge in [0.25, 0.3) is 0 Å². The minimum absolute atomic E-state index is 0. The fourth-order valence-electron chi connectivity index (χ4n) is 8.71. The molecule has 184 valence electrons. The Kier molecular flexibility index (Phi) is 8.56. The van der Waals surface area contributed by atoms with Gasteiger partial charge >= 0.3 is 29.6 Å². The minimum atomic E-state index is -4.66. The fraction of sp³-hybridized carbons (Fsp3) is 0.958. The van der Waals surface area contributed by atoms with Gasteiger partial charge < -0.3 is 14.8 Å². The molecule has 4 saturated carbocycles. The molecule has 0 spiro atoms. The average molecular weight is 495 g/mol. The standard InChI is InChI=1S/C24H40O7S.Na/c1-14(5-4-10-31-32(28,29)30)17-6-7-18-22-19(13-21(27)24(17,18)3)23(2)9-8-16(25)11-15(23)12-20(22)26;/h14-15,17-22,26-27H,4-13H2,1-3H3,(H,28,29,30);/q;+1/p-1/t14-,15-,17-,18+,19+,20-,21+,22+,23+,24-;/m1./s1. The number of carbonyl (C=O) groups is 1. The molecule has 4 fully saturated rings. The van der Waals surface area contributed by atoms with Crippen molar-refractivity contribution in [1.82, 2.24) is 0 Å². The number of hydrogen-bond acceptors (Lipinski definition) is 7. The van der Waals surface area contributed by atoms with Gasteiger partial charge in [0.15, 0.2) is 0 Å². The third-order valence-electron chi connectivity index (χ3n) is 10.4. The SMILES string of the molecule is C[C@H](CCCOS(=O)(=O)[O-])[C@H]1CC[C@H]2[C@@H]3[C@H](O)C[C@H]4CC(=O)CC[C@]4(C)[C@H]3C[C@H](O)[C@]12C.[Na+]. The predicted molar refractivity (Wildman–Crippen MR) is 117 cm³/mol. The maximum Gasteiger partial charge on any atom is 1.00 e. The van der Waals surface area contributed by atoms with Crippen molar-refractivity contribution in [2.24, 2.45) is 46.3 Å². The second kappa shape index (κ2) is 10.1. The number of carbonyl (C=O) groups excluding carboxylic acids is 1. The summed E-state index contributed by atoms with van der Waals surface area (Å²) in [6.07, 6.45) is 5.70. The van der Waals surface area contributed by atoms with Crippen LogP contribution in [-0.4, -0.2) is 47.8 Å². The summed E-state index contributed by atoms with van der Waals surface area (Å²) in [6.45, 7) is 6.52. The van der Waals surface area contributed by atoms with E-state index in [9.17, 15) is 28.0 Å². The third-order valence-corrected chi connectivity index (χ3v) is 10.9. The van der Waals surface area contributed by atoms with Crippen LogP contribution in [0.2, 0.25) is 0 Å². The minimum Gasteiger partial charge on any atom is -0.726 e. The maximum absolute atomic E-state index is 12.1. The molecule has 33 heavy (non-hydrogen) atoms. The summed E-state index contributed by atoms with van der Waals surface area (Å²) in [6, 6.07) is 0. The number of hydrogen-bond donors (Lipinski definition) is 2. The zero-order valence-electron chi connectivity index (χ0n) is 20.5. The number of aliphatic hydroxyl groups is 2. The Balaban J connectivity index is 0.00000306. The largest absolute Gasteiger partial charge is 1.00 e. The van der Waals surface area contributed by atoms with Crippen molar-refractivity contribution >= 4 is 16.2 Å². The van der Waals surface area contributed by atoms with E-state index in [1.54, 1.807) is 0 Å². The molecular weight excluding hydrogens is 455 g/mol. The summed E-state index contributed by atoms with van der Waals surface area (Å²) in [4.78, 5) is 12.1. The van der Waals surface area contributed by atoms with Crippen molar-refractivity contribution in [2.75, 3.05) is 6.61 Å². The van der Waals surface area contributed by atoms with Gasteiger partial charge in [-0.3, -0.25) is 8.98 Å². The Morgan fingerprint density at radius 1 is 1.18 bits per heavy atom. The van der Waals surface area contributed by atoms with Gasteiger partial charge in [-0.05, 0) is 91.3 Å². The monoisotopic (exact) mass is 494 g/mol.